The second kappa shape index (κ2) is 5.13. The number of aromatic nitrogens is 4. The Labute approximate surface area is 108 Å². The summed E-state index contributed by atoms with van der Waals surface area (Å²) >= 11 is 0. The Kier molecular flexibility index (Phi) is 3.01. The number of nitrogens with one attached hydrogen (secondary N) is 1. The average Bonchev–Trinajstić information content (AvgIpc) is 3.13. The lowest BCUT2D eigenvalue weighted by Gasteiger charge is -2.01. The summed E-state index contributed by atoms with van der Waals surface area (Å²) in [6.45, 7) is 0. The van der Waals surface area contributed by atoms with E-state index in [0.29, 0.717) is 17.4 Å². The third-order valence-electron chi connectivity index (χ3n) is 2.33. The molecule has 3 heterocycles. The predicted molar refractivity (Wildman–Crippen MR) is 69.1 cm³/mol. The van der Waals surface area contributed by atoms with Gasteiger partial charge in [0.2, 0.25) is 0 Å². The number of anilines is 1. The maximum absolute atomic E-state index is 5.10. The number of furan rings is 1. The van der Waals surface area contributed by atoms with Gasteiger partial charge < -0.3 is 4.42 Å². The summed E-state index contributed by atoms with van der Waals surface area (Å²) in [4.78, 5) is 3.94. The molecule has 3 aromatic rings. The van der Waals surface area contributed by atoms with Crippen LogP contribution >= 0.6 is 0 Å². The number of hydrazone groups is 1. The van der Waals surface area contributed by atoms with Crippen LogP contribution in [-0.2, 0) is 0 Å². The molecule has 0 aliphatic heterocycles. The van der Waals surface area contributed by atoms with Crippen molar-refractivity contribution < 1.29 is 4.42 Å². The molecule has 0 bridgehead atoms. The third kappa shape index (κ3) is 2.65. The van der Waals surface area contributed by atoms with Crippen molar-refractivity contribution in [2.75, 3.05) is 5.43 Å². The number of hydrogen-bond acceptors (Lipinski definition) is 6. The van der Waals surface area contributed by atoms with E-state index in [9.17, 15) is 0 Å². The molecule has 94 valence electrons. The van der Waals surface area contributed by atoms with Crippen LogP contribution < -0.4 is 5.43 Å². The van der Waals surface area contributed by atoms with Crippen molar-refractivity contribution in [2.24, 2.45) is 5.10 Å². The second-order valence-electron chi connectivity index (χ2n) is 3.63. The monoisotopic (exact) mass is 254 g/mol. The maximum Gasteiger partial charge on any atom is 0.168 e. The highest BCUT2D eigenvalue weighted by Crippen LogP contribution is 2.06. The van der Waals surface area contributed by atoms with E-state index in [1.165, 1.54) is 0 Å². The molecule has 0 saturated carbocycles. The van der Waals surface area contributed by atoms with E-state index < -0.39 is 0 Å². The van der Waals surface area contributed by atoms with Crippen LogP contribution in [0.25, 0.3) is 5.82 Å². The largest absolute Gasteiger partial charge is 0.463 e. The van der Waals surface area contributed by atoms with Gasteiger partial charge in [-0.2, -0.15) is 5.10 Å². The predicted octanol–water partition coefficient (Wildman–Crippen LogP) is 1.70. The van der Waals surface area contributed by atoms with Gasteiger partial charge >= 0.3 is 0 Å². The van der Waals surface area contributed by atoms with Crippen molar-refractivity contribution in [3.05, 3.63) is 55.0 Å². The third-order valence-corrected chi connectivity index (χ3v) is 2.33. The molecular formula is C12H10N6O. The molecule has 0 atom stereocenters. The van der Waals surface area contributed by atoms with Crippen molar-refractivity contribution in [1.82, 2.24) is 19.7 Å². The van der Waals surface area contributed by atoms with Gasteiger partial charge in [-0.1, -0.05) is 0 Å². The Bertz CT molecular complexity index is 642. The molecule has 7 nitrogen and oxygen atoms in total. The van der Waals surface area contributed by atoms with Gasteiger partial charge in [0.15, 0.2) is 11.6 Å². The first-order valence-electron chi connectivity index (χ1n) is 5.56. The summed E-state index contributed by atoms with van der Waals surface area (Å²) in [5.41, 5.74) is 2.77. The summed E-state index contributed by atoms with van der Waals surface area (Å²) in [6.07, 6.45) is 8.28. The molecule has 0 spiro atoms. The second-order valence-corrected chi connectivity index (χ2v) is 3.63. The van der Waals surface area contributed by atoms with Gasteiger partial charge in [0.05, 0.1) is 12.5 Å². The fourth-order valence-corrected chi connectivity index (χ4v) is 1.44. The molecule has 7 heteroatoms. The van der Waals surface area contributed by atoms with Crippen LogP contribution in [-0.4, -0.2) is 26.0 Å². The van der Waals surface area contributed by atoms with Gasteiger partial charge in [0.1, 0.15) is 12.1 Å². The van der Waals surface area contributed by atoms with Gasteiger partial charge in [-0.15, -0.1) is 10.2 Å². The van der Waals surface area contributed by atoms with E-state index in [0.717, 1.165) is 0 Å². The SMILES string of the molecule is C(=N/Nc1ccc(-n2ccnc2)nn1)/c1ccco1. The molecule has 19 heavy (non-hydrogen) atoms. The molecule has 0 aliphatic rings. The first-order chi connectivity index (χ1) is 9.42. The highest BCUT2D eigenvalue weighted by Gasteiger charge is 1.98. The average molecular weight is 254 g/mol. The van der Waals surface area contributed by atoms with Crippen molar-refractivity contribution in [3.63, 3.8) is 0 Å². The Hall–Kier alpha value is -2.96. The minimum atomic E-state index is 0.548. The molecule has 3 rings (SSSR count). The van der Waals surface area contributed by atoms with Gasteiger partial charge in [-0.05, 0) is 24.3 Å². The Balaban J connectivity index is 1.66. The molecule has 0 saturated heterocycles. The molecule has 0 amide bonds. The van der Waals surface area contributed by atoms with Gasteiger partial charge in [0, 0.05) is 12.4 Å². The summed E-state index contributed by atoms with van der Waals surface area (Å²) in [5.74, 6) is 1.90. The van der Waals surface area contributed by atoms with Crippen LogP contribution in [0.15, 0.2) is 58.8 Å². The number of rotatable bonds is 4. The molecule has 1 N–H and O–H groups in total. The lowest BCUT2D eigenvalue weighted by Crippen LogP contribution is -1.99. The lowest BCUT2D eigenvalue weighted by atomic mass is 10.5. The van der Waals surface area contributed by atoms with Gasteiger partial charge in [-0.3, -0.25) is 9.99 Å². The summed E-state index contributed by atoms with van der Waals surface area (Å²) in [6, 6.07) is 7.20. The number of imidazole rings is 1. The lowest BCUT2D eigenvalue weighted by molar-refractivity contribution is 0.560. The van der Waals surface area contributed by atoms with E-state index in [2.05, 4.69) is 25.7 Å². The summed E-state index contributed by atoms with van der Waals surface area (Å²) in [7, 11) is 0. The number of hydrogen-bond donors (Lipinski definition) is 1. The molecular weight excluding hydrogens is 244 g/mol. The fourth-order valence-electron chi connectivity index (χ4n) is 1.44. The van der Waals surface area contributed by atoms with E-state index in [1.54, 1.807) is 54.0 Å². The maximum atomic E-state index is 5.10. The Morgan fingerprint density at radius 2 is 2.26 bits per heavy atom. The molecule has 0 aliphatic carbocycles. The quantitative estimate of drug-likeness (QED) is 0.566. The fraction of sp³-hybridized carbons (Fsp3) is 0. The molecule has 0 aromatic carbocycles. The van der Waals surface area contributed by atoms with Crippen LogP contribution in [0.5, 0.6) is 0 Å². The smallest absolute Gasteiger partial charge is 0.168 e. The minimum Gasteiger partial charge on any atom is -0.463 e. The Morgan fingerprint density at radius 3 is 2.95 bits per heavy atom. The highest BCUT2D eigenvalue weighted by atomic mass is 16.3. The normalized spacial score (nSPS) is 10.9. The van der Waals surface area contributed by atoms with E-state index >= 15 is 0 Å². The molecule has 0 fully saturated rings. The molecule has 0 unspecified atom stereocenters. The highest BCUT2D eigenvalue weighted by molar-refractivity contribution is 5.76. The zero-order valence-electron chi connectivity index (χ0n) is 9.84. The summed E-state index contributed by atoms with van der Waals surface area (Å²) < 4.78 is 6.87. The van der Waals surface area contributed by atoms with Crippen molar-refractivity contribution in [2.45, 2.75) is 0 Å². The van der Waals surface area contributed by atoms with Crippen molar-refractivity contribution >= 4 is 12.0 Å². The number of nitrogens with zero attached hydrogens (tertiary/aromatic N) is 5. The van der Waals surface area contributed by atoms with Crippen LogP contribution in [0, 0.1) is 0 Å². The Morgan fingerprint density at radius 1 is 1.26 bits per heavy atom. The first kappa shape index (κ1) is 11.1. The van der Waals surface area contributed by atoms with E-state index in [4.69, 9.17) is 4.42 Å². The minimum absolute atomic E-state index is 0.548. The zero-order chi connectivity index (χ0) is 12.9. The van der Waals surface area contributed by atoms with E-state index in [1.807, 2.05) is 6.07 Å². The van der Waals surface area contributed by atoms with Crippen LogP contribution in [0.4, 0.5) is 5.82 Å². The topological polar surface area (TPSA) is 81.1 Å². The van der Waals surface area contributed by atoms with Crippen LogP contribution in [0.1, 0.15) is 5.76 Å². The summed E-state index contributed by atoms with van der Waals surface area (Å²) in [5, 5.41) is 12.0. The molecule has 0 radical (unpaired) electrons. The first-order valence-corrected chi connectivity index (χ1v) is 5.56. The van der Waals surface area contributed by atoms with Crippen LogP contribution in [0.2, 0.25) is 0 Å². The zero-order valence-corrected chi connectivity index (χ0v) is 9.84. The van der Waals surface area contributed by atoms with Crippen molar-refractivity contribution in [3.8, 4) is 5.82 Å². The molecule has 3 aromatic heterocycles. The van der Waals surface area contributed by atoms with Gasteiger partial charge in [0.25, 0.3) is 0 Å². The van der Waals surface area contributed by atoms with Crippen LogP contribution in [0.3, 0.4) is 0 Å². The van der Waals surface area contributed by atoms with E-state index in [-0.39, 0.29) is 0 Å². The standard InChI is InChI=1S/C12H10N6O/c1-2-10(19-7-1)8-14-15-11-3-4-12(17-16-11)18-6-5-13-9-18/h1-9H,(H,15,16)/b14-8-. The van der Waals surface area contributed by atoms with Crippen molar-refractivity contribution in [1.29, 1.82) is 0 Å². The van der Waals surface area contributed by atoms with Gasteiger partial charge in [-0.25, -0.2) is 4.98 Å².